The van der Waals surface area contributed by atoms with Gasteiger partial charge in [0.2, 0.25) is 0 Å². The molecule has 94 valence electrons. The molecule has 0 atom stereocenters. The molecule has 0 spiro atoms. The number of amides is 1. The lowest BCUT2D eigenvalue weighted by Crippen LogP contribution is -2.11. The lowest BCUT2D eigenvalue weighted by molar-refractivity contribution is 0.102. The molecule has 1 aromatic carbocycles. The highest BCUT2D eigenvalue weighted by molar-refractivity contribution is 7.13. The van der Waals surface area contributed by atoms with Crippen LogP contribution in [0.15, 0.2) is 29.6 Å². The van der Waals surface area contributed by atoms with E-state index in [9.17, 15) is 4.79 Å². The molecule has 4 nitrogen and oxygen atoms in total. The van der Waals surface area contributed by atoms with Crippen molar-refractivity contribution in [1.29, 1.82) is 0 Å². The number of nitrogens with two attached hydrogens (primary N) is 1. The Hall–Kier alpha value is -1.72. The lowest BCUT2D eigenvalue weighted by Gasteiger charge is -2.01. The molecule has 0 bridgehead atoms. The van der Waals surface area contributed by atoms with E-state index in [0.29, 0.717) is 17.2 Å². The van der Waals surface area contributed by atoms with Gasteiger partial charge in [-0.05, 0) is 25.6 Å². The summed E-state index contributed by atoms with van der Waals surface area (Å²) < 4.78 is 0. The van der Waals surface area contributed by atoms with Gasteiger partial charge >= 0.3 is 0 Å². The van der Waals surface area contributed by atoms with Crippen molar-refractivity contribution in [1.82, 2.24) is 4.98 Å². The molecule has 0 fully saturated rings. The normalized spacial score (nSPS) is 10.3. The number of nitrogens with zero attached hydrogens (tertiary/aromatic N) is 1. The molecular formula is C13H15N3OS. The first-order valence-corrected chi connectivity index (χ1v) is 6.59. The summed E-state index contributed by atoms with van der Waals surface area (Å²) in [6.45, 7) is 2.55. The number of benzene rings is 1. The average Bonchev–Trinajstić information content (AvgIpc) is 2.78. The fourth-order valence-electron chi connectivity index (χ4n) is 1.50. The molecule has 0 saturated heterocycles. The van der Waals surface area contributed by atoms with Crippen LogP contribution in [-0.2, 0) is 6.42 Å². The Kier molecular flexibility index (Phi) is 4.07. The van der Waals surface area contributed by atoms with E-state index in [4.69, 9.17) is 5.73 Å². The second-order valence-corrected chi connectivity index (χ2v) is 4.86. The number of hydrogen-bond acceptors (Lipinski definition) is 4. The molecule has 0 saturated carbocycles. The Bertz CT molecular complexity index is 533. The standard InChI is InChI=1S/C13H15N3OS/c1-9-2-4-10(5-3-9)12(17)16-13-15-11(6-7-14)8-18-13/h2-5,8H,6-7,14H2,1H3,(H,15,16,17). The molecule has 0 radical (unpaired) electrons. The summed E-state index contributed by atoms with van der Waals surface area (Å²) in [6.07, 6.45) is 0.733. The smallest absolute Gasteiger partial charge is 0.257 e. The van der Waals surface area contributed by atoms with Gasteiger partial charge < -0.3 is 5.73 Å². The van der Waals surface area contributed by atoms with Crippen molar-refractivity contribution in [2.24, 2.45) is 5.73 Å². The minimum absolute atomic E-state index is 0.136. The maximum Gasteiger partial charge on any atom is 0.257 e. The number of hydrogen-bond donors (Lipinski definition) is 2. The quantitative estimate of drug-likeness (QED) is 0.886. The molecule has 1 heterocycles. The van der Waals surface area contributed by atoms with E-state index in [-0.39, 0.29) is 5.91 Å². The molecule has 2 aromatic rings. The summed E-state index contributed by atoms with van der Waals surface area (Å²) in [7, 11) is 0. The predicted octanol–water partition coefficient (Wildman–Crippen LogP) is 2.21. The molecule has 0 aliphatic carbocycles. The fraction of sp³-hybridized carbons (Fsp3) is 0.231. The number of aromatic nitrogens is 1. The summed E-state index contributed by atoms with van der Waals surface area (Å²) in [5.41, 5.74) is 8.14. The zero-order valence-corrected chi connectivity index (χ0v) is 11.0. The van der Waals surface area contributed by atoms with E-state index in [1.54, 1.807) is 12.1 Å². The summed E-state index contributed by atoms with van der Waals surface area (Å²) in [4.78, 5) is 16.2. The van der Waals surface area contributed by atoms with Crippen LogP contribution in [0.1, 0.15) is 21.6 Å². The number of carbonyl (C=O) groups excluding carboxylic acids is 1. The first-order chi connectivity index (χ1) is 8.69. The van der Waals surface area contributed by atoms with Crippen LogP contribution in [0, 0.1) is 6.92 Å². The Morgan fingerprint density at radius 3 is 2.78 bits per heavy atom. The van der Waals surface area contributed by atoms with Gasteiger partial charge in [-0.3, -0.25) is 10.1 Å². The lowest BCUT2D eigenvalue weighted by atomic mass is 10.1. The number of nitrogens with one attached hydrogen (secondary N) is 1. The van der Waals surface area contributed by atoms with E-state index in [1.807, 2.05) is 24.4 Å². The van der Waals surface area contributed by atoms with Crippen LogP contribution in [0.4, 0.5) is 5.13 Å². The van der Waals surface area contributed by atoms with E-state index < -0.39 is 0 Å². The van der Waals surface area contributed by atoms with E-state index >= 15 is 0 Å². The van der Waals surface area contributed by atoms with Crippen LogP contribution in [0.25, 0.3) is 0 Å². The zero-order valence-electron chi connectivity index (χ0n) is 10.1. The largest absolute Gasteiger partial charge is 0.330 e. The Morgan fingerprint density at radius 1 is 1.39 bits per heavy atom. The zero-order chi connectivity index (χ0) is 13.0. The first kappa shape index (κ1) is 12.7. The molecule has 18 heavy (non-hydrogen) atoms. The maximum absolute atomic E-state index is 11.9. The van der Waals surface area contributed by atoms with Crippen LogP contribution in [-0.4, -0.2) is 17.4 Å². The van der Waals surface area contributed by atoms with E-state index in [1.165, 1.54) is 11.3 Å². The maximum atomic E-state index is 11.9. The fourth-order valence-corrected chi connectivity index (χ4v) is 2.24. The number of carbonyl (C=O) groups is 1. The molecule has 5 heteroatoms. The highest BCUT2D eigenvalue weighted by Gasteiger charge is 2.08. The van der Waals surface area contributed by atoms with Crippen molar-refractivity contribution in [3.8, 4) is 0 Å². The third-order valence-electron chi connectivity index (χ3n) is 2.49. The number of aryl methyl sites for hydroxylation is 1. The van der Waals surface area contributed by atoms with Crippen molar-refractivity contribution in [3.63, 3.8) is 0 Å². The molecule has 1 amide bonds. The van der Waals surface area contributed by atoms with Crippen LogP contribution < -0.4 is 11.1 Å². The van der Waals surface area contributed by atoms with Gasteiger partial charge in [-0.1, -0.05) is 17.7 Å². The summed E-state index contributed by atoms with van der Waals surface area (Å²) in [6, 6.07) is 7.44. The number of rotatable bonds is 4. The van der Waals surface area contributed by atoms with Gasteiger partial charge in [0.25, 0.3) is 5.91 Å². The molecule has 2 rings (SSSR count). The SMILES string of the molecule is Cc1ccc(C(=O)Nc2nc(CCN)cs2)cc1. The van der Waals surface area contributed by atoms with Crippen molar-refractivity contribution in [2.45, 2.75) is 13.3 Å². The minimum Gasteiger partial charge on any atom is -0.330 e. The van der Waals surface area contributed by atoms with Crippen LogP contribution in [0.2, 0.25) is 0 Å². The van der Waals surface area contributed by atoms with Gasteiger partial charge in [-0.25, -0.2) is 4.98 Å². The predicted molar refractivity (Wildman–Crippen MR) is 74.0 cm³/mol. The van der Waals surface area contributed by atoms with Crippen molar-refractivity contribution >= 4 is 22.4 Å². The molecule has 0 aliphatic heterocycles. The topological polar surface area (TPSA) is 68.0 Å². The van der Waals surface area contributed by atoms with Crippen molar-refractivity contribution in [2.75, 3.05) is 11.9 Å². The van der Waals surface area contributed by atoms with Crippen molar-refractivity contribution < 1.29 is 4.79 Å². The van der Waals surface area contributed by atoms with Crippen LogP contribution in [0.3, 0.4) is 0 Å². The first-order valence-electron chi connectivity index (χ1n) is 5.71. The minimum atomic E-state index is -0.136. The van der Waals surface area contributed by atoms with Crippen LogP contribution in [0.5, 0.6) is 0 Å². The van der Waals surface area contributed by atoms with Gasteiger partial charge in [0.05, 0.1) is 5.69 Å². The van der Waals surface area contributed by atoms with Gasteiger partial charge in [0.1, 0.15) is 0 Å². The van der Waals surface area contributed by atoms with Crippen LogP contribution >= 0.6 is 11.3 Å². The Balaban J connectivity index is 2.04. The average molecular weight is 261 g/mol. The number of thiazole rings is 1. The summed E-state index contributed by atoms with van der Waals surface area (Å²) in [5.74, 6) is -0.136. The van der Waals surface area contributed by atoms with Gasteiger partial charge in [0.15, 0.2) is 5.13 Å². The summed E-state index contributed by atoms with van der Waals surface area (Å²) >= 11 is 1.42. The second kappa shape index (κ2) is 5.75. The Labute approximate surface area is 110 Å². The molecular weight excluding hydrogens is 246 g/mol. The Morgan fingerprint density at radius 2 is 2.11 bits per heavy atom. The molecule has 0 aliphatic rings. The van der Waals surface area contributed by atoms with Gasteiger partial charge in [0, 0.05) is 17.4 Å². The van der Waals surface area contributed by atoms with Gasteiger partial charge in [-0.2, -0.15) is 0 Å². The highest BCUT2D eigenvalue weighted by atomic mass is 32.1. The number of anilines is 1. The van der Waals surface area contributed by atoms with E-state index in [2.05, 4.69) is 10.3 Å². The highest BCUT2D eigenvalue weighted by Crippen LogP contribution is 2.16. The molecule has 0 unspecified atom stereocenters. The summed E-state index contributed by atoms with van der Waals surface area (Å²) in [5, 5.41) is 5.31. The third kappa shape index (κ3) is 3.15. The second-order valence-electron chi connectivity index (χ2n) is 4.00. The molecule has 1 aromatic heterocycles. The van der Waals surface area contributed by atoms with Gasteiger partial charge in [-0.15, -0.1) is 11.3 Å². The monoisotopic (exact) mass is 261 g/mol. The van der Waals surface area contributed by atoms with Crippen molar-refractivity contribution in [3.05, 3.63) is 46.5 Å². The molecule has 3 N–H and O–H groups in total. The third-order valence-corrected chi connectivity index (χ3v) is 3.29. The van der Waals surface area contributed by atoms with E-state index in [0.717, 1.165) is 17.7 Å².